The summed E-state index contributed by atoms with van der Waals surface area (Å²) < 4.78 is 35.9. The summed E-state index contributed by atoms with van der Waals surface area (Å²) in [6, 6.07) is 13.4. The van der Waals surface area contributed by atoms with Crippen LogP contribution in [0.2, 0.25) is 0 Å². The minimum absolute atomic E-state index is 0.0568. The molecule has 0 radical (unpaired) electrons. The van der Waals surface area contributed by atoms with Crippen molar-refractivity contribution in [2.75, 3.05) is 5.32 Å². The number of anilines is 1. The Morgan fingerprint density at radius 2 is 1.80 bits per heavy atom. The summed E-state index contributed by atoms with van der Waals surface area (Å²) in [7, 11) is 0. The summed E-state index contributed by atoms with van der Waals surface area (Å²) in [6.45, 7) is 0. The normalized spacial score (nSPS) is 10.9. The fourth-order valence-corrected chi connectivity index (χ4v) is 3.45. The first-order valence-corrected chi connectivity index (χ1v) is 10.2. The number of fused-ring (bicyclic) bond motifs is 1. The number of aromatic nitrogens is 4. The van der Waals surface area contributed by atoms with E-state index >= 15 is 0 Å². The van der Waals surface area contributed by atoms with Crippen molar-refractivity contribution in [3.63, 3.8) is 0 Å². The number of pyridine rings is 1. The second-order valence-electron chi connectivity index (χ2n) is 7.36. The number of hydrogen-bond acceptors (Lipinski definition) is 5. The lowest BCUT2D eigenvalue weighted by molar-refractivity contribution is 0.102. The van der Waals surface area contributed by atoms with Crippen molar-refractivity contribution in [3.8, 4) is 17.2 Å². The van der Waals surface area contributed by atoms with Crippen LogP contribution >= 0.6 is 0 Å². The van der Waals surface area contributed by atoms with E-state index in [1.54, 1.807) is 35.1 Å². The molecule has 3 aromatic heterocycles. The largest absolute Gasteiger partial charge is 0.452 e. The molecule has 3 heterocycles. The van der Waals surface area contributed by atoms with Crippen molar-refractivity contribution in [2.45, 2.75) is 0 Å². The van der Waals surface area contributed by atoms with Crippen LogP contribution in [0.5, 0.6) is 11.5 Å². The highest BCUT2D eigenvalue weighted by atomic mass is 19.1. The Balaban J connectivity index is 1.40. The molecule has 1 amide bonds. The number of benzene rings is 2. The number of rotatable bonds is 5. The number of carbonyl (C=O) groups is 1. The number of halogens is 2. The number of amides is 1. The third-order valence-electron chi connectivity index (χ3n) is 5.11. The number of H-pyrrole nitrogens is 1. The quantitative estimate of drug-likeness (QED) is 0.404. The molecule has 0 aliphatic heterocycles. The Morgan fingerprint density at radius 1 is 1.00 bits per heavy atom. The Labute approximate surface area is 194 Å². The summed E-state index contributed by atoms with van der Waals surface area (Å²) in [5.41, 5.74) is -1.36. The monoisotopic (exact) mass is 475 g/mol. The van der Waals surface area contributed by atoms with E-state index in [-0.39, 0.29) is 17.1 Å². The maximum atomic E-state index is 14.7. The van der Waals surface area contributed by atoms with Crippen LogP contribution in [0.25, 0.3) is 11.2 Å². The average molecular weight is 475 g/mol. The highest BCUT2D eigenvalue weighted by molar-refractivity contribution is 6.03. The molecule has 5 aromatic rings. The molecule has 5 rings (SSSR count). The molecule has 0 saturated heterocycles. The summed E-state index contributed by atoms with van der Waals surface area (Å²) in [5.74, 6) is -1.88. The maximum Gasteiger partial charge on any atom is 0.333 e. The van der Waals surface area contributed by atoms with Crippen LogP contribution in [-0.4, -0.2) is 25.1 Å². The minimum Gasteiger partial charge on any atom is -0.452 e. The van der Waals surface area contributed by atoms with E-state index in [1.807, 2.05) is 0 Å². The van der Waals surface area contributed by atoms with Gasteiger partial charge in [0.25, 0.3) is 11.5 Å². The van der Waals surface area contributed by atoms with Crippen molar-refractivity contribution in [1.29, 1.82) is 0 Å². The zero-order valence-electron chi connectivity index (χ0n) is 17.7. The number of nitrogens with one attached hydrogen (secondary N) is 2. The third kappa shape index (κ3) is 4.17. The highest BCUT2D eigenvalue weighted by Crippen LogP contribution is 2.29. The Morgan fingerprint density at radius 3 is 2.57 bits per heavy atom. The molecule has 9 nitrogen and oxygen atoms in total. The first-order chi connectivity index (χ1) is 16.9. The van der Waals surface area contributed by atoms with Crippen LogP contribution in [0.15, 0.2) is 88.8 Å². The zero-order chi connectivity index (χ0) is 24.5. The van der Waals surface area contributed by atoms with E-state index in [0.717, 1.165) is 24.4 Å². The summed E-state index contributed by atoms with van der Waals surface area (Å²) in [6.07, 6.45) is 4.26. The molecule has 0 aliphatic rings. The molecule has 0 unspecified atom stereocenters. The molecule has 0 aliphatic carbocycles. The molecule has 2 aromatic carbocycles. The highest BCUT2D eigenvalue weighted by Gasteiger charge is 2.17. The SMILES string of the molecule is O=C(Nc1ccc(Oc2cccn3nccc23)c(F)c1)c1c[nH]c(=O)n(-c2ccc(F)cc2)c1=O. The lowest BCUT2D eigenvalue weighted by atomic mass is 10.2. The molecular formula is C24H15F2N5O4. The van der Waals surface area contributed by atoms with Crippen LogP contribution in [0.1, 0.15) is 10.4 Å². The van der Waals surface area contributed by atoms with E-state index in [2.05, 4.69) is 15.4 Å². The van der Waals surface area contributed by atoms with Crippen LogP contribution in [0.4, 0.5) is 14.5 Å². The molecule has 0 bridgehead atoms. The molecule has 0 spiro atoms. The Kier molecular flexibility index (Phi) is 5.41. The van der Waals surface area contributed by atoms with Gasteiger partial charge in [-0.3, -0.25) is 9.59 Å². The summed E-state index contributed by atoms with van der Waals surface area (Å²) in [4.78, 5) is 40.0. The molecule has 0 saturated carbocycles. The molecule has 11 heteroatoms. The number of ether oxygens (including phenoxy) is 1. The molecule has 0 atom stereocenters. The molecule has 174 valence electrons. The molecular weight excluding hydrogens is 460 g/mol. The fraction of sp³-hybridized carbons (Fsp3) is 0. The van der Waals surface area contributed by atoms with Crippen molar-refractivity contribution in [1.82, 2.24) is 19.2 Å². The minimum atomic E-state index is -0.924. The summed E-state index contributed by atoms with van der Waals surface area (Å²) >= 11 is 0. The van der Waals surface area contributed by atoms with E-state index in [4.69, 9.17) is 4.74 Å². The zero-order valence-corrected chi connectivity index (χ0v) is 17.7. The summed E-state index contributed by atoms with van der Waals surface area (Å²) in [5, 5.41) is 6.51. The van der Waals surface area contributed by atoms with Gasteiger partial charge in [0.2, 0.25) is 0 Å². The number of aromatic amines is 1. The lowest BCUT2D eigenvalue weighted by Gasteiger charge is -2.11. The molecule has 0 fully saturated rings. The maximum absolute atomic E-state index is 14.7. The molecule has 35 heavy (non-hydrogen) atoms. The second-order valence-corrected chi connectivity index (χ2v) is 7.36. The van der Waals surface area contributed by atoms with Gasteiger partial charge in [0.05, 0.1) is 11.9 Å². The van der Waals surface area contributed by atoms with Crippen LogP contribution in [0, 0.1) is 11.6 Å². The van der Waals surface area contributed by atoms with Gasteiger partial charge in [-0.2, -0.15) is 5.10 Å². The van der Waals surface area contributed by atoms with Crippen molar-refractivity contribution in [3.05, 3.63) is 117 Å². The van der Waals surface area contributed by atoms with Gasteiger partial charge in [0, 0.05) is 24.1 Å². The predicted molar refractivity (Wildman–Crippen MR) is 122 cm³/mol. The van der Waals surface area contributed by atoms with Crippen LogP contribution in [0.3, 0.4) is 0 Å². The van der Waals surface area contributed by atoms with Gasteiger partial charge in [0.15, 0.2) is 17.3 Å². The van der Waals surface area contributed by atoms with Crippen molar-refractivity contribution >= 4 is 17.1 Å². The van der Waals surface area contributed by atoms with Gasteiger partial charge in [-0.15, -0.1) is 0 Å². The standard InChI is InChI=1S/C24H15F2N5O4/c25-14-3-6-16(7-4-14)31-23(33)17(13-27-24(31)34)22(32)29-15-5-8-20(18(26)12-15)35-21-2-1-11-30-19(21)9-10-28-30/h1-13H,(H,27,34)(H,29,32). The van der Waals surface area contributed by atoms with E-state index in [0.29, 0.717) is 15.8 Å². The average Bonchev–Trinajstić information content (AvgIpc) is 3.32. The second kappa shape index (κ2) is 8.71. The number of hydrogen-bond donors (Lipinski definition) is 2. The van der Waals surface area contributed by atoms with Crippen molar-refractivity contribution in [2.24, 2.45) is 0 Å². The van der Waals surface area contributed by atoms with Gasteiger partial charge in [-0.1, -0.05) is 0 Å². The van der Waals surface area contributed by atoms with Gasteiger partial charge in [-0.05, 0) is 54.6 Å². The lowest BCUT2D eigenvalue weighted by Crippen LogP contribution is -2.38. The van der Waals surface area contributed by atoms with E-state index in [1.165, 1.54) is 24.3 Å². The predicted octanol–water partition coefficient (Wildman–Crippen LogP) is 3.50. The fourth-order valence-electron chi connectivity index (χ4n) is 3.45. The number of nitrogens with zero attached hydrogens (tertiary/aromatic N) is 3. The molecule has 2 N–H and O–H groups in total. The van der Waals surface area contributed by atoms with E-state index in [9.17, 15) is 23.2 Å². The van der Waals surface area contributed by atoms with Gasteiger partial charge >= 0.3 is 5.69 Å². The van der Waals surface area contributed by atoms with Gasteiger partial charge in [-0.25, -0.2) is 22.7 Å². The third-order valence-corrected chi connectivity index (χ3v) is 5.11. The van der Waals surface area contributed by atoms with Crippen LogP contribution < -0.4 is 21.3 Å². The van der Waals surface area contributed by atoms with E-state index < -0.39 is 34.4 Å². The van der Waals surface area contributed by atoms with Crippen molar-refractivity contribution < 1.29 is 18.3 Å². The topological polar surface area (TPSA) is 110 Å². The van der Waals surface area contributed by atoms with Gasteiger partial charge < -0.3 is 15.0 Å². The smallest absolute Gasteiger partial charge is 0.333 e. The van der Waals surface area contributed by atoms with Crippen LogP contribution in [-0.2, 0) is 0 Å². The first kappa shape index (κ1) is 21.8. The Hall–Kier alpha value is -5.06. The van der Waals surface area contributed by atoms with Gasteiger partial charge in [0.1, 0.15) is 16.9 Å². The number of carbonyl (C=O) groups excluding carboxylic acids is 1. The first-order valence-electron chi connectivity index (χ1n) is 10.2. The Bertz CT molecular complexity index is 1690.